The van der Waals surface area contributed by atoms with Crippen LogP contribution in [0.2, 0.25) is 0 Å². The fourth-order valence-corrected chi connectivity index (χ4v) is 5.42. The summed E-state index contributed by atoms with van der Waals surface area (Å²) in [6.07, 6.45) is 19.5. The molecule has 0 fully saturated rings. The number of esters is 2. The third-order valence-electron chi connectivity index (χ3n) is 7.24. The summed E-state index contributed by atoms with van der Waals surface area (Å²) in [5, 5.41) is 0. The van der Waals surface area contributed by atoms with Crippen LogP contribution in [0.3, 0.4) is 0 Å². The lowest BCUT2D eigenvalue weighted by Gasteiger charge is -2.25. The first-order chi connectivity index (χ1) is 21.5. The number of ether oxygens (including phenoxy) is 2. The molecule has 0 aromatic rings. The van der Waals surface area contributed by atoms with Crippen LogP contribution in [0.5, 0.6) is 0 Å². The highest BCUT2D eigenvalue weighted by molar-refractivity contribution is 7.45. The van der Waals surface area contributed by atoms with Crippen molar-refractivity contribution < 1.29 is 46.0 Å². The lowest BCUT2D eigenvalue weighted by Crippen LogP contribution is -2.52. The van der Waals surface area contributed by atoms with Gasteiger partial charge in [0.05, 0.1) is 13.2 Å². The Morgan fingerprint density at radius 1 is 0.674 bits per heavy atom. The molecule has 0 aromatic carbocycles. The van der Waals surface area contributed by atoms with E-state index in [-0.39, 0.29) is 39.0 Å². The van der Waals surface area contributed by atoms with Crippen LogP contribution >= 0.6 is 7.82 Å². The van der Waals surface area contributed by atoms with Crippen molar-refractivity contribution in [3.05, 3.63) is 0 Å². The maximum Gasteiger partial charge on any atom is 0.306 e. The summed E-state index contributed by atoms with van der Waals surface area (Å²) in [5.41, 5.74) is 3.52. The summed E-state index contributed by atoms with van der Waals surface area (Å²) >= 11 is 0. The maximum absolute atomic E-state index is 12.5. The third-order valence-corrected chi connectivity index (χ3v) is 8.20. The summed E-state index contributed by atoms with van der Waals surface area (Å²) in [6.45, 7) is 3.57. The fourth-order valence-electron chi connectivity index (χ4n) is 4.64. The second kappa shape index (κ2) is 31.0. The Balaban J connectivity index is 4.48. The lowest BCUT2D eigenvalue weighted by molar-refractivity contribution is -0.373. The highest BCUT2D eigenvalue weighted by atomic mass is 31.2. The van der Waals surface area contributed by atoms with Gasteiger partial charge in [-0.25, -0.2) is 0 Å². The molecule has 0 aliphatic heterocycles. The van der Waals surface area contributed by atoms with Crippen molar-refractivity contribution in [3.8, 4) is 0 Å². The number of carbonyl (C=O) groups is 2. The summed E-state index contributed by atoms with van der Waals surface area (Å²) in [5.74, 6) is -1.16. The van der Waals surface area contributed by atoms with Gasteiger partial charge in [-0.15, -0.1) is 0 Å². The molecule has 0 saturated carbocycles. The van der Waals surface area contributed by atoms with Gasteiger partial charge in [0.25, 0.3) is 7.82 Å². The van der Waals surface area contributed by atoms with Crippen molar-refractivity contribution in [3.63, 3.8) is 0 Å². The van der Waals surface area contributed by atoms with E-state index in [1.807, 2.05) is 0 Å². The Morgan fingerprint density at radius 3 is 1.65 bits per heavy atom. The molecule has 0 heterocycles. The Morgan fingerprint density at radius 2 is 1.14 bits per heavy atom. The second-order valence-electron chi connectivity index (χ2n) is 11.5. The molecular weight excluding hydrogens is 569 g/mol. The molecule has 0 radical (unpaired) electrons. The molecule has 0 aliphatic rings. The molecule has 1 unspecified atom stereocenters. The van der Waals surface area contributed by atoms with Gasteiger partial charge in [-0.05, 0) is 12.8 Å². The average molecular weight is 638 g/mol. The summed E-state index contributed by atoms with van der Waals surface area (Å²) in [4.78, 5) is 36.8. The molecule has 0 amide bonds. The van der Waals surface area contributed by atoms with E-state index >= 15 is 0 Å². The minimum Gasteiger partial charge on any atom is -0.756 e. The van der Waals surface area contributed by atoms with Gasteiger partial charge < -0.3 is 29.1 Å². The molecule has 2 atom stereocenters. The normalized spacial score (nSPS) is 14.5. The number of hydrogen-bond acceptors (Lipinski definition) is 8. The van der Waals surface area contributed by atoms with E-state index in [9.17, 15) is 19.0 Å². The lowest BCUT2D eigenvalue weighted by atomic mass is 10.1. The van der Waals surface area contributed by atoms with Crippen LogP contribution in [0, 0.1) is 0 Å². The van der Waals surface area contributed by atoms with Crippen molar-refractivity contribution in [1.29, 1.82) is 0 Å². The zero-order valence-corrected chi connectivity index (χ0v) is 28.5. The van der Waals surface area contributed by atoms with Gasteiger partial charge in [0.1, 0.15) is 13.2 Å². The van der Waals surface area contributed by atoms with Crippen LogP contribution in [0.1, 0.15) is 171 Å². The van der Waals surface area contributed by atoms with E-state index in [0.717, 1.165) is 38.5 Å². The van der Waals surface area contributed by atoms with Gasteiger partial charge in [0.2, 0.25) is 0 Å². The van der Waals surface area contributed by atoms with Crippen LogP contribution in [0.25, 0.3) is 0 Å². The molecule has 0 spiro atoms. The number of unbranched alkanes of at least 4 members (excludes halogenated alkanes) is 17. The molecule has 0 aromatic heterocycles. The molecule has 9 nitrogen and oxygen atoms in total. The first kappa shape index (κ1) is 38.2. The van der Waals surface area contributed by atoms with E-state index < -0.39 is 38.8 Å². The van der Waals surface area contributed by atoms with E-state index in [4.69, 9.17) is 16.7 Å². The number of rotatable bonds is 33. The molecule has 43 heavy (non-hydrogen) atoms. The molecule has 3 N–H and O–H groups in total. The van der Waals surface area contributed by atoms with Gasteiger partial charge in [-0.1, -0.05) is 142 Å². The zero-order valence-electron chi connectivity index (χ0n) is 29.6. The van der Waals surface area contributed by atoms with Gasteiger partial charge in [-0.2, -0.15) is 0 Å². The van der Waals surface area contributed by atoms with E-state index in [1.54, 1.807) is 0 Å². The van der Waals surface area contributed by atoms with Gasteiger partial charge >= 0.3 is 11.9 Å². The minimum absolute atomic E-state index is 0.0246. The first-order valence-electron chi connectivity index (χ1n) is 18.3. The topological polar surface area (TPSA) is 139 Å². The van der Waals surface area contributed by atoms with E-state index in [1.165, 1.54) is 77.0 Å². The quantitative estimate of drug-likeness (QED) is 0.0441. The van der Waals surface area contributed by atoms with Gasteiger partial charge in [0, 0.05) is 15.6 Å². The number of phosphoric ester groups is 1. The smallest absolute Gasteiger partial charge is 0.306 e. The van der Waals surface area contributed by atoms with E-state index in [0.29, 0.717) is 12.8 Å². The molecule has 0 aliphatic carbocycles. The van der Waals surface area contributed by atoms with E-state index in [2.05, 4.69) is 24.1 Å². The summed E-state index contributed by atoms with van der Waals surface area (Å²) in [7, 11) is -4.63. The highest BCUT2D eigenvalue weighted by Crippen LogP contribution is 2.38. The van der Waals surface area contributed by atoms with Crippen molar-refractivity contribution in [2.24, 2.45) is 0 Å². The molecule has 0 saturated heterocycles. The van der Waals surface area contributed by atoms with Crippen molar-refractivity contribution in [2.45, 2.75) is 174 Å². The summed E-state index contributed by atoms with van der Waals surface area (Å²) < 4.78 is 48.6. The molecular formula is C33H66NO8P. The number of quaternary nitrogens is 1. The highest BCUT2D eigenvalue weighted by Gasteiger charge is 2.21. The predicted molar refractivity (Wildman–Crippen MR) is 170 cm³/mol. The van der Waals surface area contributed by atoms with Crippen LogP contribution in [-0.4, -0.2) is 44.4 Å². The van der Waals surface area contributed by atoms with Crippen LogP contribution in [-0.2, 0) is 32.7 Å². The Labute approximate surface area is 266 Å². The number of phosphoric acid groups is 1. The minimum atomic E-state index is -4.63. The zero-order chi connectivity index (χ0) is 33.7. The second-order valence-corrected chi connectivity index (χ2v) is 12.9. The van der Waals surface area contributed by atoms with Crippen molar-refractivity contribution in [2.75, 3.05) is 26.4 Å². The molecule has 10 heteroatoms. The Hall–Kier alpha value is -0.990. The van der Waals surface area contributed by atoms with Gasteiger partial charge in [-0.3, -0.25) is 14.2 Å². The third kappa shape index (κ3) is 30.8. The summed E-state index contributed by atoms with van der Waals surface area (Å²) in [6, 6.07) is 0. The van der Waals surface area contributed by atoms with Crippen LogP contribution in [0.15, 0.2) is 0 Å². The van der Waals surface area contributed by atoms with Gasteiger partial charge in [0.15, 0.2) is 6.10 Å². The van der Waals surface area contributed by atoms with Crippen LogP contribution in [0.4, 0.5) is 0 Å². The Bertz CT molecular complexity index is 775. The maximum atomic E-state index is 12.5. The SMILES string of the molecule is [2H]C([2H])(CCCCCCCCCC)CCC(=O)OC[C@H](COP(=O)([O-])OCC[NH3+])OC(=O)CCCCCCCCCCCCC. The number of hydrogen-bond donors (Lipinski definition) is 1. The first-order valence-corrected chi connectivity index (χ1v) is 18.8. The van der Waals surface area contributed by atoms with Crippen LogP contribution < -0.4 is 10.6 Å². The average Bonchev–Trinajstić information content (AvgIpc) is 3.00. The monoisotopic (exact) mass is 637 g/mol. The fraction of sp³-hybridized carbons (Fsp3) is 0.939. The number of carbonyl (C=O) groups excluding carboxylic acids is 2. The molecule has 0 bridgehead atoms. The van der Waals surface area contributed by atoms with Crippen molar-refractivity contribution >= 4 is 19.8 Å². The largest absolute Gasteiger partial charge is 0.756 e. The standard InChI is InChI=1S/C33H66NO8P/c1-3-5-7-9-11-13-15-17-19-21-23-25-32(35)39-29-31(30-41-43(37,38)40-28-27-34)42-33(36)26-24-22-20-18-16-14-12-10-8-6-4-2/h31H,3-30,34H2,1-2H3,(H,37,38)/t31-/m1/s1/i21D2. The Kier molecular flexibility index (Phi) is 27.5. The molecule has 0 rings (SSSR count). The predicted octanol–water partition coefficient (Wildman–Crippen LogP) is 7.59. The molecule has 256 valence electrons. The van der Waals surface area contributed by atoms with Crippen molar-refractivity contribution in [1.82, 2.24) is 0 Å².